The van der Waals surface area contributed by atoms with E-state index >= 15 is 0 Å². The summed E-state index contributed by atoms with van der Waals surface area (Å²) in [5.41, 5.74) is 0. The van der Waals surface area contributed by atoms with Crippen LogP contribution in [-0.2, 0) is 9.47 Å². The zero-order chi connectivity index (χ0) is 13.1. The molecule has 0 fully saturated rings. The van der Waals surface area contributed by atoms with Crippen molar-refractivity contribution in [3.05, 3.63) is 17.5 Å². The van der Waals surface area contributed by atoms with Gasteiger partial charge in [-0.3, -0.25) is 0 Å². The van der Waals surface area contributed by atoms with Crippen molar-refractivity contribution in [2.24, 2.45) is 0 Å². The third-order valence-corrected chi connectivity index (χ3v) is 3.13. The van der Waals surface area contributed by atoms with Gasteiger partial charge in [0.25, 0.3) is 0 Å². The van der Waals surface area contributed by atoms with Crippen LogP contribution < -0.4 is 4.90 Å². The highest BCUT2D eigenvalue weighted by Gasteiger charge is 2.06. The quantitative estimate of drug-likeness (QED) is 0.501. The Kier molecular flexibility index (Phi) is 7.75. The van der Waals surface area contributed by atoms with E-state index in [2.05, 4.69) is 22.8 Å². The minimum Gasteiger partial charge on any atom is -0.367 e. The van der Waals surface area contributed by atoms with Crippen LogP contribution >= 0.6 is 11.3 Å². The molecule has 96 valence electrons. The van der Waals surface area contributed by atoms with Crippen LogP contribution in [-0.4, -0.2) is 39.5 Å². The highest BCUT2D eigenvalue weighted by molar-refractivity contribution is 7.14. The summed E-state index contributed by atoms with van der Waals surface area (Å²) in [6, 6.07) is 4.10. The number of thiophene rings is 1. The maximum absolute atomic E-state index is 5.29. The van der Waals surface area contributed by atoms with Gasteiger partial charge in [0.15, 0.2) is 0 Å². The first-order chi connectivity index (χ1) is 8.88. The van der Waals surface area contributed by atoms with Crippen molar-refractivity contribution in [2.75, 3.05) is 44.4 Å². The molecule has 0 saturated carbocycles. The van der Waals surface area contributed by atoms with Crippen LogP contribution in [0.4, 0.5) is 5.00 Å². The van der Waals surface area contributed by atoms with E-state index in [0.717, 1.165) is 13.1 Å². The normalized spacial score (nSPS) is 9.67. The van der Waals surface area contributed by atoms with Crippen LogP contribution in [0, 0.1) is 24.7 Å². The van der Waals surface area contributed by atoms with Gasteiger partial charge in [0.2, 0.25) is 0 Å². The van der Waals surface area contributed by atoms with Crippen molar-refractivity contribution >= 4 is 16.3 Å². The fourth-order valence-electron chi connectivity index (χ4n) is 1.39. The van der Waals surface area contributed by atoms with Gasteiger partial charge in [0, 0.05) is 13.1 Å². The largest absolute Gasteiger partial charge is 0.367 e. The molecule has 0 N–H and O–H groups in total. The van der Waals surface area contributed by atoms with E-state index in [0.29, 0.717) is 26.4 Å². The molecular formula is C14H17NO2S. The Labute approximate surface area is 113 Å². The van der Waals surface area contributed by atoms with Crippen molar-refractivity contribution < 1.29 is 9.47 Å². The second kappa shape index (κ2) is 9.56. The highest BCUT2D eigenvalue weighted by atomic mass is 32.1. The van der Waals surface area contributed by atoms with E-state index < -0.39 is 0 Å². The molecule has 0 amide bonds. The number of anilines is 1. The number of nitrogens with zero attached hydrogens (tertiary/aromatic N) is 1. The van der Waals surface area contributed by atoms with E-state index in [4.69, 9.17) is 22.3 Å². The molecular weight excluding hydrogens is 246 g/mol. The lowest BCUT2D eigenvalue weighted by molar-refractivity contribution is 0.160. The van der Waals surface area contributed by atoms with Gasteiger partial charge >= 0.3 is 0 Å². The topological polar surface area (TPSA) is 21.7 Å². The third-order valence-electron chi connectivity index (χ3n) is 2.20. The van der Waals surface area contributed by atoms with Crippen molar-refractivity contribution in [1.82, 2.24) is 0 Å². The first kappa shape index (κ1) is 14.6. The molecule has 0 radical (unpaired) electrons. The lowest BCUT2D eigenvalue weighted by Gasteiger charge is -2.22. The maximum atomic E-state index is 5.29. The number of ether oxygens (including phenoxy) is 2. The van der Waals surface area contributed by atoms with E-state index in [1.54, 1.807) is 11.3 Å². The summed E-state index contributed by atoms with van der Waals surface area (Å²) in [6.45, 7) is 3.51. The Bertz CT molecular complexity index is 367. The number of terminal acetylenes is 2. The Morgan fingerprint density at radius 2 is 1.72 bits per heavy atom. The summed E-state index contributed by atoms with van der Waals surface area (Å²) in [5.74, 6) is 4.90. The zero-order valence-corrected chi connectivity index (χ0v) is 11.1. The smallest absolute Gasteiger partial charge is 0.107 e. The summed E-state index contributed by atoms with van der Waals surface area (Å²) in [4.78, 5) is 2.21. The molecule has 0 aromatic carbocycles. The summed E-state index contributed by atoms with van der Waals surface area (Å²) < 4.78 is 10.6. The zero-order valence-electron chi connectivity index (χ0n) is 10.3. The lowest BCUT2D eigenvalue weighted by Crippen LogP contribution is -2.30. The fourth-order valence-corrected chi connectivity index (χ4v) is 2.18. The Balaban J connectivity index is 2.34. The minimum atomic E-state index is 0.353. The van der Waals surface area contributed by atoms with Gasteiger partial charge in [0.1, 0.15) is 13.2 Å². The molecule has 0 saturated heterocycles. The van der Waals surface area contributed by atoms with Crippen LogP contribution in [0.3, 0.4) is 0 Å². The standard InChI is InChI=1S/C14H17NO2S/c1-3-9-16-11-7-15(8-12-17-10-4-2)14-6-5-13-18-14/h1-2,5-6,13H,7-12H2. The molecule has 1 aromatic rings. The van der Waals surface area contributed by atoms with Gasteiger partial charge in [-0.1, -0.05) is 11.8 Å². The summed E-state index contributed by atoms with van der Waals surface area (Å²) in [7, 11) is 0. The summed E-state index contributed by atoms with van der Waals surface area (Å²) >= 11 is 1.69. The molecule has 1 rings (SSSR count). The van der Waals surface area contributed by atoms with E-state index in [1.165, 1.54) is 5.00 Å². The molecule has 0 spiro atoms. The van der Waals surface area contributed by atoms with E-state index in [1.807, 2.05) is 11.4 Å². The molecule has 1 aromatic heterocycles. The Hall–Kier alpha value is -1.46. The van der Waals surface area contributed by atoms with Crippen LogP contribution in [0.15, 0.2) is 17.5 Å². The van der Waals surface area contributed by atoms with E-state index in [9.17, 15) is 0 Å². The van der Waals surface area contributed by atoms with Crippen LogP contribution in [0.5, 0.6) is 0 Å². The van der Waals surface area contributed by atoms with Gasteiger partial charge in [-0.2, -0.15) is 0 Å². The van der Waals surface area contributed by atoms with Gasteiger partial charge in [0.05, 0.1) is 18.2 Å². The first-order valence-corrected chi connectivity index (χ1v) is 6.57. The molecule has 0 unspecified atom stereocenters. The van der Waals surface area contributed by atoms with Crippen molar-refractivity contribution in [3.8, 4) is 24.7 Å². The maximum Gasteiger partial charge on any atom is 0.107 e. The predicted molar refractivity (Wildman–Crippen MR) is 75.8 cm³/mol. The second-order valence-electron chi connectivity index (χ2n) is 3.45. The third kappa shape index (κ3) is 5.75. The van der Waals surface area contributed by atoms with Crippen molar-refractivity contribution in [1.29, 1.82) is 0 Å². The average Bonchev–Trinajstić information content (AvgIpc) is 2.91. The number of rotatable bonds is 9. The van der Waals surface area contributed by atoms with Gasteiger partial charge in [-0.25, -0.2) is 0 Å². The second-order valence-corrected chi connectivity index (χ2v) is 4.38. The average molecular weight is 263 g/mol. The Morgan fingerprint density at radius 1 is 1.11 bits per heavy atom. The molecule has 18 heavy (non-hydrogen) atoms. The molecule has 0 aliphatic rings. The molecule has 1 heterocycles. The molecule has 0 atom stereocenters. The van der Waals surface area contributed by atoms with E-state index in [-0.39, 0.29) is 0 Å². The van der Waals surface area contributed by atoms with Gasteiger partial charge in [-0.15, -0.1) is 24.2 Å². The van der Waals surface area contributed by atoms with Gasteiger partial charge < -0.3 is 14.4 Å². The molecule has 3 nitrogen and oxygen atoms in total. The van der Waals surface area contributed by atoms with Crippen LogP contribution in [0.1, 0.15) is 0 Å². The number of hydrogen-bond donors (Lipinski definition) is 0. The minimum absolute atomic E-state index is 0.353. The summed E-state index contributed by atoms with van der Waals surface area (Å²) in [5, 5.41) is 3.25. The SMILES string of the molecule is C#CCOCCN(CCOCC#C)c1cccs1. The predicted octanol–water partition coefficient (Wildman–Crippen LogP) is 1.85. The van der Waals surface area contributed by atoms with Crippen molar-refractivity contribution in [2.45, 2.75) is 0 Å². The Morgan fingerprint density at radius 3 is 2.17 bits per heavy atom. The number of hydrogen-bond acceptors (Lipinski definition) is 4. The molecule has 0 aliphatic carbocycles. The fraction of sp³-hybridized carbons (Fsp3) is 0.429. The monoisotopic (exact) mass is 263 g/mol. The van der Waals surface area contributed by atoms with Crippen molar-refractivity contribution in [3.63, 3.8) is 0 Å². The molecule has 0 aliphatic heterocycles. The molecule has 0 bridgehead atoms. The lowest BCUT2D eigenvalue weighted by atomic mass is 10.4. The van der Waals surface area contributed by atoms with Gasteiger partial charge in [-0.05, 0) is 17.5 Å². The summed E-state index contributed by atoms with van der Waals surface area (Å²) in [6.07, 6.45) is 10.3. The van der Waals surface area contributed by atoms with Crippen LogP contribution in [0.25, 0.3) is 0 Å². The first-order valence-electron chi connectivity index (χ1n) is 5.69. The van der Waals surface area contributed by atoms with Crippen LogP contribution in [0.2, 0.25) is 0 Å². The highest BCUT2D eigenvalue weighted by Crippen LogP contribution is 2.20. The molecule has 4 heteroatoms.